The van der Waals surface area contributed by atoms with Gasteiger partial charge in [-0.3, -0.25) is 4.57 Å². The highest BCUT2D eigenvalue weighted by Crippen LogP contribution is 2.65. The Bertz CT molecular complexity index is 3210. The van der Waals surface area contributed by atoms with E-state index in [1.807, 2.05) is 12.1 Å². The number of H-pyrrole nitrogens is 1. The first-order valence-electron chi connectivity index (χ1n) is 21.0. The number of amidine groups is 1. The summed E-state index contributed by atoms with van der Waals surface area (Å²) in [4.78, 5) is 14.5. The van der Waals surface area contributed by atoms with Crippen LogP contribution < -0.4 is 5.32 Å². The molecular formula is C55H43N5. The summed E-state index contributed by atoms with van der Waals surface area (Å²) in [6.45, 7) is 5.03. The summed E-state index contributed by atoms with van der Waals surface area (Å²) >= 11 is 0. The lowest BCUT2D eigenvalue weighted by Gasteiger charge is -2.56. The molecule has 12 rings (SSSR count). The second-order valence-electron chi connectivity index (χ2n) is 16.9. The van der Waals surface area contributed by atoms with E-state index in [-0.39, 0.29) is 11.8 Å². The van der Waals surface area contributed by atoms with Gasteiger partial charge in [-0.1, -0.05) is 184 Å². The van der Waals surface area contributed by atoms with E-state index in [9.17, 15) is 0 Å². The van der Waals surface area contributed by atoms with Crippen molar-refractivity contribution in [3.05, 3.63) is 233 Å². The summed E-state index contributed by atoms with van der Waals surface area (Å²) in [5, 5.41) is 7.52. The molecule has 0 radical (unpaired) electrons. The zero-order chi connectivity index (χ0) is 40.0. The Balaban J connectivity index is 1.19. The fourth-order valence-corrected chi connectivity index (χ4v) is 11.2. The maximum absolute atomic E-state index is 5.43. The number of hydrogen-bond acceptors (Lipinski definition) is 3. The Hall–Kier alpha value is -7.24. The molecule has 2 aromatic heterocycles. The third-order valence-corrected chi connectivity index (χ3v) is 14.0. The molecule has 60 heavy (non-hydrogen) atoms. The largest absolute Gasteiger partial charge is 0.355 e. The highest BCUT2D eigenvalue weighted by molar-refractivity contribution is 6.20. The summed E-state index contributed by atoms with van der Waals surface area (Å²) in [5.74, 6) is 1.79. The molecule has 3 aliphatic rings. The van der Waals surface area contributed by atoms with Crippen LogP contribution in [0.3, 0.4) is 0 Å². The van der Waals surface area contributed by atoms with Crippen molar-refractivity contribution in [1.82, 2.24) is 14.9 Å². The van der Waals surface area contributed by atoms with Gasteiger partial charge in [0.05, 0.1) is 11.0 Å². The number of nitrogens with one attached hydrogen (secondary N) is 2. The second-order valence-corrected chi connectivity index (χ2v) is 16.9. The van der Waals surface area contributed by atoms with Gasteiger partial charge < -0.3 is 10.3 Å². The molecular weight excluding hydrogens is 731 g/mol. The molecule has 0 spiro atoms. The van der Waals surface area contributed by atoms with Crippen molar-refractivity contribution in [1.29, 1.82) is 0 Å². The van der Waals surface area contributed by atoms with E-state index in [1.165, 1.54) is 55.2 Å². The van der Waals surface area contributed by atoms with Gasteiger partial charge in [0.25, 0.3) is 0 Å². The zero-order valence-corrected chi connectivity index (χ0v) is 33.5. The van der Waals surface area contributed by atoms with Crippen LogP contribution in [0.1, 0.15) is 70.6 Å². The number of rotatable bonds is 4. The lowest BCUT2D eigenvalue weighted by Crippen LogP contribution is -2.51. The number of hydrogen-bond donors (Lipinski definition) is 2. The molecule has 288 valence electrons. The summed E-state index contributed by atoms with van der Waals surface area (Å²) < 4.78 is 2.35. The van der Waals surface area contributed by atoms with Crippen LogP contribution in [0.2, 0.25) is 0 Å². The molecule has 5 atom stereocenters. The van der Waals surface area contributed by atoms with Gasteiger partial charge in [-0.25, -0.2) is 9.98 Å². The van der Waals surface area contributed by atoms with Crippen molar-refractivity contribution in [3.8, 4) is 0 Å². The number of aromatic nitrogens is 2. The van der Waals surface area contributed by atoms with Crippen LogP contribution in [0, 0.1) is 5.92 Å². The molecule has 0 saturated heterocycles. The molecule has 7 aromatic carbocycles. The first-order chi connectivity index (χ1) is 29.5. The third kappa shape index (κ3) is 4.86. The summed E-state index contributed by atoms with van der Waals surface area (Å²) in [6, 6.07) is 65.9. The highest BCUT2D eigenvalue weighted by Gasteiger charge is 2.58. The van der Waals surface area contributed by atoms with Crippen molar-refractivity contribution >= 4 is 50.6 Å². The minimum Gasteiger partial charge on any atom is -0.355 e. The number of para-hydroxylation sites is 2. The molecule has 2 aliphatic carbocycles. The molecule has 3 heterocycles. The van der Waals surface area contributed by atoms with Crippen molar-refractivity contribution in [3.63, 3.8) is 0 Å². The van der Waals surface area contributed by atoms with Gasteiger partial charge in [-0.15, -0.1) is 0 Å². The molecule has 1 aliphatic heterocycles. The first kappa shape index (κ1) is 34.8. The number of fused-ring (bicyclic) bond motifs is 10. The van der Waals surface area contributed by atoms with Crippen molar-refractivity contribution in [2.45, 2.75) is 36.8 Å². The van der Waals surface area contributed by atoms with E-state index in [0.717, 1.165) is 34.0 Å². The van der Waals surface area contributed by atoms with Crippen LogP contribution in [0.5, 0.6) is 0 Å². The average Bonchev–Trinajstić information content (AvgIpc) is 3.87. The fraction of sp³-hybridized carbons (Fsp3) is 0.127. The number of allylic oxidation sites excluding steroid dienone is 1. The molecule has 0 bridgehead atoms. The molecule has 0 amide bonds. The predicted octanol–water partition coefficient (Wildman–Crippen LogP) is 12.3. The monoisotopic (exact) mass is 773 g/mol. The fourth-order valence-electron chi connectivity index (χ4n) is 11.2. The SMILES string of the molecule is CC1(c2ccccc2)c2c(ccc3c2c2ccccc2n3C2=NC(c3ccccc3)N=C(c3ccccc3)N2)C(C)(c2ccccc2)C2c3c([nH]c4ccccc34)C=CC21. The maximum atomic E-state index is 5.43. The predicted molar refractivity (Wildman–Crippen MR) is 247 cm³/mol. The van der Waals surface area contributed by atoms with E-state index < -0.39 is 17.0 Å². The molecule has 2 N–H and O–H groups in total. The number of aromatic amines is 1. The Morgan fingerprint density at radius 2 is 1.18 bits per heavy atom. The Morgan fingerprint density at radius 3 is 1.92 bits per heavy atom. The molecule has 5 nitrogen and oxygen atoms in total. The van der Waals surface area contributed by atoms with Crippen molar-refractivity contribution < 1.29 is 0 Å². The van der Waals surface area contributed by atoms with Crippen LogP contribution in [0.25, 0.3) is 38.8 Å². The van der Waals surface area contributed by atoms with Crippen LogP contribution in [-0.2, 0) is 10.8 Å². The maximum Gasteiger partial charge on any atom is 0.211 e. The van der Waals surface area contributed by atoms with E-state index in [0.29, 0.717) is 0 Å². The summed E-state index contributed by atoms with van der Waals surface area (Å²) in [5.41, 5.74) is 12.6. The molecule has 0 saturated carbocycles. The standard InChI is InChI=1S/C55H43N5/c1-54(37-23-11-5-12-24-37)42-32-34-46-48(50(42)55(2,38-25-13-6-14-26-38)41-31-33-44-47(49(41)54)39-27-15-17-29-43(39)56-44)40-28-16-18-30-45(40)60(46)53-58-51(35-19-7-3-8-20-35)57-52(59-53)36-21-9-4-10-22-36/h3-34,41,49,51,56H,1-2H3,(H,57,58,59). The van der Waals surface area contributed by atoms with Crippen LogP contribution in [0.4, 0.5) is 0 Å². The number of nitrogens with zero attached hydrogens (tertiary/aromatic N) is 3. The van der Waals surface area contributed by atoms with E-state index >= 15 is 0 Å². The van der Waals surface area contributed by atoms with Crippen LogP contribution in [0.15, 0.2) is 198 Å². The van der Waals surface area contributed by atoms with Gasteiger partial charge in [0.1, 0.15) is 5.84 Å². The van der Waals surface area contributed by atoms with Crippen LogP contribution >= 0.6 is 0 Å². The van der Waals surface area contributed by atoms with Gasteiger partial charge >= 0.3 is 0 Å². The second kappa shape index (κ2) is 13.1. The van der Waals surface area contributed by atoms with E-state index in [1.54, 1.807) is 0 Å². The molecule has 9 aromatic rings. The van der Waals surface area contributed by atoms with Crippen LogP contribution in [-0.4, -0.2) is 21.3 Å². The van der Waals surface area contributed by atoms with Crippen molar-refractivity contribution in [2.75, 3.05) is 0 Å². The van der Waals surface area contributed by atoms with Crippen molar-refractivity contribution in [2.24, 2.45) is 15.9 Å². The summed E-state index contributed by atoms with van der Waals surface area (Å²) in [7, 11) is 0. The third-order valence-electron chi connectivity index (χ3n) is 14.0. The quantitative estimate of drug-likeness (QED) is 0.184. The smallest absolute Gasteiger partial charge is 0.211 e. The normalized spacial score (nSPS) is 23.1. The minimum atomic E-state index is -0.429. The topological polar surface area (TPSA) is 57.5 Å². The Kier molecular flexibility index (Phi) is 7.61. The molecule has 5 heteroatoms. The van der Waals surface area contributed by atoms with Gasteiger partial charge in [-0.2, -0.15) is 0 Å². The van der Waals surface area contributed by atoms with E-state index in [4.69, 9.17) is 9.98 Å². The average molecular weight is 774 g/mol. The minimum absolute atomic E-state index is 0.112. The first-order valence-corrected chi connectivity index (χ1v) is 21.0. The Labute approximate surface area is 349 Å². The highest BCUT2D eigenvalue weighted by atomic mass is 15.3. The van der Waals surface area contributed by atoms with Gasteiger partial charge in [-0.05, 0) is 63.6 Å². The summed E-state index contributed by atoms with van der Waals surface area (Å²) in [6.07, 6.45) is 4.48. The van der Waals surface area contributed by atoms with E-state index in [2.05, 4.69) is 211 Å². The van der Waals surface area contributed by atoms with Gasteiger partial charge in [0.2, 0.25) is 5.96 Å². The molecule has 0 fully saturated rings. The lowest BCUT2D eigenvalue weighted by atomic mass is 9.45. The van der Waals surface area contributed by atoms with Gasteiger partial charge in [0.15, 0.2) is 6.17 Å². The lowest BCUT2D eigenvalue weighted by molar-refractivity contribution is 0.245. The molecule has 5 unspecified atom stereocenters. The van der Waals surface area contributed by atoms with Gasteiger partial charge in [0, 0.05) is 49.7 Å². The zero-order valence-electron chi connectivity index (χ0n) is 33.5. The number of aliphatic imine (C=N–C) groups is 2. The Morgan fingerprint density at radius 1 is 0.567 bits per heavy atom. The number of benzene rings is 7.